The van der Waals surface area contributed by atoms with Crippen molar-refractivity contribution in [2.45, 2.75) is 12.8 Å². The molecule has 0 aliphatic carbocycles. The van der Waals surface area contributed by atoms with Gasteiger partial charge < -0.3 is 10.2 Å². The van der Waals surface area contributed by atoms with Crippen molar-refractivity contribution in [2.75, 3.05) is 23.3 Å². The molecular weight excluding hydrogens is 384 g/mol. The Bertz CT molecular complexity index is 767. The van der Waals surface area contributed by atoms with Crippen molar-refractivity contribution < 1.29 is 0 Å². The summed E-state index contributed by atoms with van der Waals surface area (Å²) in [6.07, 6.45) is 6.15. The Kier molecular flexibility index (Phi) is 5.48. The predicted molar refractivity (Wildman–Crippen MR) is 107 cm³/mol. The molecule has 1 saturated heterocycles. The maximum Gasteiger partial charge on any atom is 0.187 e. The molecule has 1 aliphatic rings. The van der Waals surface area contributed by atoms with Crippen molar-refractivity contribution in [3.63, 3.8) is 0 Å². The molecule has 1 aliphatic heterocycles. The first-order valence-corrected chi connectivity index (χ1v) is 8.74. The van der Waals surface area contributed by atoms with E-state index in [0.717, 1.165) is 22.1 Å². The third kappa shape index (κ3) is 3.76. The number of aromatic nitrogens is 2. The Hall–Kier alpha value is -1.92. The van der Waals surface area contributed by atoms with Gasteiger partial charge in [0.1, 0.15) is 0 Å². The molecule has 1 fully saturated rings. The fourth-order valence-corrected chi connectivity index (χ4v) is 3.58. The largest absolute Gasteiger partial charge is 0.372 e. The molecule has 0 radical (unpaired) electrons. The van der Waals surface area contributed by atoms with Crippen molar-refractivity contribution in [3.05, 3.63) is 54.2 Å². The highest BCUT2D eigenvalue weighted by molar-refractivity contribution is 8.93. The molecule has 1 N–H and O–H groups in total. The highest BCUT2D eigenvalue weighted by Crippen LogP contribution is 2.29. The Balaban J connectivity index is 0.00000169. The second-order valence-electron chi connectivity index (χ2n) is 5.64. The van der Waals surface area contributed by atoms with Crippen LogP contribution in [0.25, 0.3) is 11.3 Å². The topological polar surface area (TPSA) is 41.1 Å². The van der Waals surface area contributed by atoms with Gasteiger partial charge in [-0.15, -0.1) is 28.3 Å². The molecule has 124 valence electrons. The molecule has 6 heteroatoms. The van der Waals surface area contributed by atoms with Gasteiger partial charge in [0, 0.05) is 47.8 Å². The van der Waals surface area contributed by atoms with E-state index in [1.807, 2.05) is 12.1 Å². The van der Waals surface area contributed by atoms with Crippen LogP contribution in [0.2, 0.25) is 0 Å². The minimum Gasteiger partial charge on any atom is -0.372 e. The minimum absolute atomic E-state index is 0. The molecule has 0 atom stereocenters. The standard InChI is InChI=1S/C18H18N4S.BrH/c1-2-12-22(11-1)16-5-3-14(4-6-16)17-13-23-18(21-17)20-15-7-9-19-10-8-15;/h3-10,13H,1-2,11-12H2,(H,19,20,21);1H. The first-order chi connectivity index (χ1) is 11.4. The number of nitrogens with zero attached hydrogens (tertiary/aromatic N) is 3. The van der Waals surface area contributed by atoms with Crippen LogP contribution in [0.15, 0.2) is 54.2 Å². The van der Waals surface area contributed by atoms with Crippen LogP contribution >= 0.6 is 28.3 Å². The summed E-state index contributed by atoms with van der Waals surface area (Å²) in [5.74, 6) is 0. The Labute approximate surface area is 156 Å². The predicted octanol–water partition coefficient (Wildman–Crippen LogP) is 5.13. The molecule has 0 unspecified atom stereocenters. The van der Waals surface area contributed by atoms with E-state index in [4.69, 9.17) is 0 Å². The third-order valence-corrected chi connectivity index (χ3v) is 4.83. The van der Waals surface area contributed by atoms with Crippen molar-refractivity contribution in [1.29, 1.82) is 0 Å². The fourth-order valence-electron chi connectivity index (χ4n) is 2.84. The molecule has 4 rings (SSSR count). The highest BCUT2D eigenvalue weighted by Gasteiger charge is 2.12. The molecule has 4 nitrogen and oxygen atoms in total. The van der Waals surface area contributed by atoms with Gasteiger partial charge in [0.25, 0.3) is 0 Å². The number of hydrogen-bond acceptors (Lipinski definition) is 5. The summed E-state index contributed by atoms with van der Waals surface area (Å²) in [4.78, 5) is 11.1. The number of benzene rings is 1. The number of halogens is 1. The second kappa shape index (κ2) is 7.77. The molecule has 2 aromatic heterocycles. The van der Waals surface area contributed by atoms with Gasteiger partial charge >= 0.3 is 0 Å². The summed E-state index contributed by atoms with van der Waals surface area (Å²) in [6, 6.07) is 12.6. The summed E-state index contributed by atoms with van der Waals surface area (Å²) in [6.45, 7) is 2.35. The molecule has 0 saturated carbocycles. The summed E-state index contributed by atoms with van der Waals surface area (Å²) in [5, 5.41) is 6.30. The van der Waals surface area contributed by atoms with Crippen LogP contribution in [0.1, 0.15) is 12.8 Å². The number of hydrogen-bond donors (Lipinski definition) is 1. The maximum absolute atomic E-state index is 4.68. The lowest BCUT2D eigenvalue weighted by Crippen LogP contribution is -2.17. The van der Waals surface area contributed by atoms with Crippen molar-refractivity contribution in [3.8, 4) is 11.3 Å². The van der Waals surface area contributed by atoms with Gasteiger partial charge in [-0.1, -0.05) is 12.1 Å². The number of thiazole rings is 1. The molecular formula is C18H19BrN4S. The summed E-state index contributed by atoms with van der Waals surface area (Å²) in [5.41, 5.74) is 4.49. The van der Waals surface area contributed by atoms with Gasteiger partial charge in [0.05, 0.1) is 5.69 Å². The van der Waals surface area contributed by atoms with Gasteiger partial charge in [-0.25, -0.2) is 4.98 Å². The maximum atomic E-state index is 4.68. The SMILES string of the molecule is Br.c1cc(Nc2nc(-c3ccc(N4CCCC4)cc3)cs2)ccn1. The Morgan fingerprint density at radius 3 is 2.38 bits per heavy atom. The molecule has 3 heterocycles. The molecule has 24 heavy (non-hydrogen) atoms. The van der Waals surface area contributed by atoms with E-state index in [-0.39, 0.29) is 17.0 Å². The van der Waals surface area contributed by atoms with Gasteiger partial charge in [0.2, 0.25) is 0 Å². The highest BCUT2D eigenvalue weighted by atomic mass is 79.9. The van der Waals surface area contributed by atoms with Crippen molar-refractivity contribution in [1.82, 2.24) is 9.97 Å². The molecule has 0 bridgehead atoms. The van der Waals surface area contributed by atoms with E-state index in [9.17, 15) is 0 Å². The first-order valence-electron chi connectivity index (χ1n) is 7.86. The second-order valence-corrected chi connectivity index (χ2v) is 6.50. The molecule has 3 aromatic rings. The van der Waals surface area contributed by atoms with Crippen LogP contribution in [0.3, 0.4) is 0 Å². The van der Waals surface area contributed by atoms with Crippen molar-refractivity contribution >= 4 is 44.8 Å². The summed E-state index contributed by atoms with van der Waals surface area (Å²) >= 11 is 1.62. The summed E-state index contributed by atoms with van der Waals surface area (Å²) < 4.78 is 0. The van der Waals surface area contributed by atoms with E-state index in [0.29, 0.717) is 0 Å². The fraction of sp³-hybridized carbons (Fsp3) is 0.222. The van der Waals surface area contributed by atoms with Gasteiger partial charge in [0.15, 0.2) is 5.13 Å². The molecule has 1 aromatic carbocycles. The average Bonchev–Trinajstić information content (AvgIpc) is 3.28. The van der Waals surface area contributed by atoms with E-state index in [1.165, 1.54) is 31.6 Å². The van der Waals surface area contributed by atoms with E-state index >= 15 is 0 Å². The number of pyridine rings is 1. The van der Waals surface area contributed by atoms with Crippen LogP contribution in [-0.2, 0) is 0 Å². The minimum atomic E-state index is 0. The lowest BCUT2D eigenvalue weighted by molar-refractivity contribution is 0.949. The first kappa shape index (κ1) is 16.9. The number of nitrogens with one attached hydrogen (secondary N) is 1. The lowest BCUT2D eigenvalue weighted by atomic mass is 10.1. The zero-order valence-electron chi connectivity index (χ0n) is 13.2. The third-order valence-electron chi connectivity index (χ3n) is 4.07. The number of anilines is 3. The van der Waals surface area contributed by atoms with Crippen LogP contribution in [-0.4, -0.2) is 23.1 Å². The molecule has 0 spiro atoms. The van der Waals surface area contributed by atoms with E-state index in [1.54, 1.807) is 23.7 Å². The van der Waals surface area contributed by atoms with Gasteiger partial charge in [-0.3, -0.25) is 4.98 Å². The monoisotopic (exact) mass is 402 g/mol. The zero-order valence-corrected chi connectivity index (χ0v) is 15.7. The van der Waals surface area contributed by atoms with Crippen LogP contribution in [0, 0.1) is 0 Å². The lowest BCUT2D eigenvalue weighted by Gasteiger charge is -2.17. The van der Waals surface area contributed by atoms with Crippen molar-refractivity contribution in [2.24, 2.45) is 0 Å². The number of rotatable bonds is 4. The quantitative estimate of drug-likeness (QED) is 0.656. The smallest absolute Gasteiger partial charge is 0.187 e. The van der Waals surface area contributed by atoms with E-state index in [2.05, 4.69) is 49.8 Å². The normalized spacial score (nSPS) is 13.6. The average molecular weight is 403 g/mol. The summed E-state index contributed by atoms with van der Waals surface area (Å²) in [7, 11) is 0. The van der Waals surface area contributed by atoms with E-state index < -0.39 is 0 Å². The van der Waals surface area contributed by atoms with Gasteiger partial charge in [-0.05, 0) is 37.1 Å². The van der Waals surface area contributed by atoms with Crippen LogP contribution in [0.5, 0.6) is 0 Å². The van der Waals surface area contributed by atoms with Crippen LogP contribution in [0.4, 0.5) is 16.5 Å². The molecule has 0 amide bonds. The zero-order chi connectivity index (χ0) is 15.5. The Morgan fingerprint density at radius 1 is 0.958 bits per heavy atom. The van der Waals surface area contributed by atoms with Crippen LogP contribution < -0.4 is 10.2 Å². The Morgan fingerprint density at radius 2 is 1.67 bits per heavy atom. The van der Waals surface area contributed by atoms with Gasteiger partial charge in [-0.2, -0.15) is 0 Å².